The van der Waals surface area contributed by atoms with Crippen molar-refractivity contribution in [3.63, 3.8) is 0 Å². The van der Waals surface area contributed by atoms with Crippen LogP contribution in [-0.2, 0) is 11.3 Å². The standard InChI is InChI=1S/C35H35Cl2F3N4O5/c1-35(39,40)18-41-7-9-42(10-8-41)23-11-27(36)31(28(37)12-23)33(45)43-15-20-3-2-4-24(32(20)49-19-43)25-14-30(26(34(46)47)13-29(25)38)44-21-5-6-22(44)17-48-16-21/h2-4,11-14,21-22H,5-10,15-19H2,1H3,(H,46,47). The summed E-state index contributed by atoms with van der Waals surface area (Å²) in [5.41, 5.74) is 2.43. The van der Waals surface area contributed by atoms with Gasteiger partial charge in [0.15, 0.2) is 6.73 Å². The molecule has 4 aliphatic heterocycles. The van der Waals surface area contributed by atoms with Crippen LogP contribution in [0.1, 0.15) is 46.0 Å². The van der Waals surface area contributed by atoms with Crippen LogP contribution in [0, 0.1) is 5.82 Å². The van der Waals surface area contributed by atoms with Gasteiger partial charge in [-0.25, -0.2) is 18.0 Å². The van der Waals surface area contributed by atoms with Gasteiger partial charge in [0.25, 0.3) is 11.8 Å². The largest absolute Gasteiger partial charge is 0.478 e. The van der Waals surface area contributed by atoms with Crippen molar-refractivity contribution in [2.75, 3.05) is 62.5 Å². The predicted molar refractivity (Wildman–Crippen MR) is 180 cm³/mol. The summed E-state index contributed by atoms with van der Waals surface area (Å²) in [7, 11) is 0. The molecule has 1 amide bonds. The molecule has 14 heteroatoms. The number of para-hydroxylation sites is 1. The SMILES string of the molecule is CC(F)(F)CN1CCN(c2cc(Cl)c(C(=O)N3COc4c(cccc4-c4cc(N5C6CCC5COC6)c(C(=O)O)cc4F)C3)c(Cl)c2)CC1. The molecule has 260 valence electrons. The molecule has 1 N–H and O–H groups in total. The molecule has 4 aliphatic rings. The van der Waals surface area contributed by atoms with Gasteiger partial charge in [-0.1, -0.05) is 41.4 Å². The minimum atomic E-state index is -2.77. The van der Waals surface area contributed by atoms with E-state index in [1.165, 1.54) is 4.90 Å². The molecule has 3 aromatic carbocycles. The van der Waals surface area contributed by atoms with Gasteiger partial charge in [-0.05, 0) is 37.1 Å². The smallest absolute Gasteiger partial charge is 0.337 e. The number of carboxylic acids is 1. The summed E-state index contributed by atoms with van der Waals surface area (Å²) in [6.45, 7) is 3.45. The summed E-state index contributed by atoms with van der Waals surface area (Å²) >= 11 is 13.3. The Morgan fingerprint density at radius 2 is 1.65 bits per heavy atom. The highest BCUT2D eigenvalue weighted by Gasteiger charge is 2.40. The number of amides is 1. The molecule has 2 bridgehead atoms. The summed E-state index contributed by atoms with van der Waals surface area (Å²) in [6.07, 6.45) is 1.72. The van der Waals surface area contributed by atoms with Gasteiger partial charge < -0.3 is 29.3 Å². The second-order valence-electron chi connectivity index (χ2n) is 13.2. The van der Waals surface area contributed by atoms with Gasteiger partial charge in [0.05, 0.1) is 65.2 Å². The number of rotatable bonds is 7. The topological polar surface area (TPSA) is 85.8 Å². The number of halogens is 5. The molecule has 4 heterocycles. The van der Waals surface area contributed by atoms with Gasteiger partial charge in [0.2, 0.25) is 0 Å². The number of ether oxygens (including phenoxy) is 2. The minimum absolute atomic E-state index is 0.00950. The van der Waals surface area contributed by atoms with Crippen LogP contribution in [0.4, 0.5) is 24.5 Å². The number of fused-ring (bicyclic) bond motifs is 3. The number of alkyl halides is 2. The number of nitrogens with zero attached hydrogens (tertiary/aromatic N) is 4. The molecule has 49 heavy (non-hydrogen) atoms. The van der Waals surface area contributed by atoms with Crippen molar-refractivity contribution in [1.82, 2.24) is 9.80 Å². The predicted octanol–water partition coefficient (Wildman–Crippen LogP) is 6.63. The summed E-state index contributed by atoms with van der Waals surface area (Å²) in [5.74, 6) is -4.72. The van der Waals surface area contributed by atoms with E-state index in [2.05, 4.69) is 4.90 Å². The highest BCUT2D eigenvalue weighted by molar-refractivity contribution is 6.40. The third kappa shape index (κ3) is 6.63. The summed E-state index contributed by atoms with van der Waals surface area (Å²) in [4.78, 5) is 33.2. The monoisotopic (exact) mass is 718 g/mol. The first kappa shape index (κ1) is 33.8. The minimum Gasteiger partial charge on any atom is -0.478 e. The lowest BCUT2D eigenvalue weighted by Crippen LogP contribution is -2.49. The maximum atomic E-state index is 15.7. The number of aromatic carboxylic acids is 1. The fourth-order valence-corrected chi connectivity index (χ4v) is 8.09. The van der Waals surface area contributed by atoms with Crippen LogP contribution in [-0.4, -0.2) is 97.5 Å². The summed E-state index contributed by atoms with van der Waals surface area (Å²) in [6, 6.07) is 11.2. The first-order chi connectivity index (χ1) is 23.4. The van der Waals surface area contributed by atoms with E-state index in [-0.39, 0.29) is 58.6 Å². The third-order valence-corrected chi connectivity index (χ3v) is 10.3. The van der Waals surface area contributed by atoms with Crippen LogP contribution < -0.4 is 14.5 Å². The average Bonchev–Trinajstić information content (AvgIpc) is 3.30. The highest BCUT2D eigenvalue weighted by atomic mass is 35.5. The maximum Gasteiger partial charge on any atom is 0.337 e. The quantitative estimate of drug-likeness (QED) is 0.291. The van der Waals surface area contributed by atoms with Gasteiger partial charge in [0.1, 0.15) is 11.6 Å². The zero-order valence-corrected chi connectivity index (χ0v) is 28.2. The van der Waals surface area contributed by atoms with E-state index in [9.17, 15) is 23.5 Å². The molecule has 3 fully saturated rings. The number of morpholine rings is 1. The van der Waals surface area contributed by atoms with E-state index in [1.807, 2.05) is 4.90 Å². The van der Waals surface area contributed by atoms with Crippen molar-refractivity contribution in [2.45, 2.75) is 44.3 Å². The van der Waals surface area contributed by atoms with Crippen LogP contribution in [0.25, 0.3) is 11.1 Å². The number of carboxylic acid groups (broad SMARTS) is 1. The Labute approximate surface area is 291 Å². The summed E-state index contributed by atoms with van der Waals surface area (Å²) in [5, 5.41) is 10.3. The second-order valence-corrected chi connectivity index (χ2v) is 14.0. The van der Waals surface area contributed by atoms with Crippen LogP contribution in [0.2, 0.25) is 10.0 Å². The molecule has 3 saturated heterocycles. The van der Waals surface area contributed by atoms with E-state index >= 15 is 4.39 Å². The number of carbonyl (C=O) groups excluding carboxylic acids is 1. The number of hydrogen-bond acceptors (Lipinski definition) is 7. The fourth-order valence-electron chi connectivity index (χ4n) is 7.45. The van der Waals surface area contributed by atoms with Crippen molar-refractivity contribution in [3.8, 4) is 16.9 Å². The molecule has 3 aromatic rings. The lowest BCUT2D eigenvalue weighted by molar-refractivity contribution is -0.0155. The lowest BCUT2D eigenvalue weighted by Gasteiger charge is -2.37. The van der Waals surface area contributed by atoms with Gasteiger partial charge in [-0.2, -0.15) is 0 Å². The number of piperazine rings is 1. The van der Waals surface area contributed by atoms with Gasteiger partial charge in [0, 0.05) is 55.5 Å². The van der Waals surface area contributed by atoms with Crippen LogP contribution in [0.3, 0.4) is 0 Å². The van der Waals surface area contributed by atoms with Crippen molar-refractivity contribution in [2.24, 2.45) is 0 Å². The molecule has 2 unspecified atom stereocenters. The van der Waals surface area contributed by atoms with Crippen molar-refractivity contribution < 1.29 is 37.3 Å². The Hall–Kier alpha value is -3.71. The number of anilines is 2. The molecular weight excluding hydrogens is 684 g/mol. The van der Waals surface area contributed by atoms with E-state index < -0.39 is 23.6 Å². The number of carbonyl (C=O) groups is 2. The third-order valence-electron chi connectivity index (χ3n) is 9.71. The molecule has 2 atom stereocenters. The normalized spacial score (nSPS) is 21.1. The first-order valence-corrected chi connectivity index (χ1v) is 16.9. The molecule has 0 aromatic heterocycles. The Kier molecular flexibility index (Phi) is 9.10. The van der Waals surface area contributed by atoms with Crippen LogP contribution >= 0.6 is 23.2 Å². The molecular formula is C35H35Cl2F3N4O5. The highest BCUT2D eigenvalue weighted by Crippen LogP contribution is 2.43. The Morgan fingerprint density at radius 1 is 0.980 bits per heavy atom. The Balaban J connectivity index is 1.12. The maximum absolute atomic E-state index is 15.7. The van der Waals surface area contributed by atoms with Crippen molar-refractivity contribution in [3.05, 3.63) is 75.0 Å². The average molecular weight is 720 g/mol. The van der Waals surface area contributed by atoms with Crippen molar-refractivity contribution >= 4 is 46.5 Å². The zero-order chi connectivity index (χ0) is 34.6. The van der Waals surface area contributed by atoms with Gasteiger partial charge >= 0.3 is 5.97 Å². The van der Waals surface area contributed by atoms with Gasteiger partial charge in [-0.15, -0.1) is 0 Å². The molecule has 0 saturated carbocycles. The Morgan fingerprint density at radius 3 is 2.29 bits per heavy atom. The van der Waals surface area contributed by atoms with E-state index in [4.69, 9.17) is 32.7 Å². The molecule has 0 spiro atoms. The van der Waals surface area contributed by atoms with E-state index in [0.29, 0.717) is 67.6 Å². The molecule has 0 radical (unpaired) electrons. The fraction of sp³-hybridized carbons (Fsp3) is 0.429. The molecule has 0 aliphatic carbocycles. The number of hydrogen-bond donors (Lipinski definition) is 1. The summed E-state index contributed by atoms with van der Waals surface area (Å²) < 4.78 is 54.4. The lowest BCUT2D eigenvalue weighted by atomic mass is 9.96. The molecule has 7 rings (SSSR count). The first-order valence-electron chi connectivity index (χ1n) is 16.2. The Bertz CT molecular complexity index is 1760. The van der Waals surface area contributed by atoms with Crippen molar-refractivity contribution in [1.29, 1.82) is 0 Å². The van der Waals surface area contributed by atoms with E-state index in [1.54, 1.807) is 41.3 Å². The van der Waals surface area contributed by atoms with E-state index in [0.717, 1.165) is 25.8 Å². The molecule has 9 nitrogen and oxygen atoms in total. The van der Waals surface area contributed by atoms with Crippen LogP contribution in [0.5, 0.6) is 5.75 Å². The zero-order valence-electron chi connectivity index (χ0n) is 26.7. The number of benzene rings is 3. The van der Waals surface area contributed by atoms with Crippen LogP contribution in [0.15, 0.2) is 42.5 Å². The van der Waals surface area contributed by atoms with Gasteiger partial charge in [-0.3, -0.25) is 9.69 Å². The second kappa shape index (κ2) is 13.2.